The molecule has 0 bridgehead atoms. The minimum Gasteiger partial charge on any atom is -0.399 e. The zero-order valence-electron chi connectivity index (χ0n) is 11.1. The molecular formula is C13H17FN2O3S. The zero-order chi connectivity index (χ0) is 14.7. The van der Waals surface area contributed by atoms with Gasteiger partial charge in [-0.1, -0.05) is 0 Å². The summed E-state index contributed by atoms with van der Waals surface area (Å²) in [6, 6.07) is 2.37. The highest BCUT2D eigenvalue weighted by Gasteiger charge is 2.55. The third-order valence-corrected chi connectivity index (χ3v) is 6.09. The molecule has 2 fully saturated rings. The van der Waals surface area contributed by atoms with E-state index in [1.54, 1.807) is 0 Å². The minimum atomic E-state index is -3.80. The van der Waals surface area contributed by atoms with E-state index in [9.17, 15) is 17.9 Å². The third kappa shape index (κ3) is 2.01. The van der Waals surface area contributed by atoms with Crippen molar-refractivity contribution in [1.29, 1.82) is 0 Å². The molecule has 0 unspecified atom stereocenters. The van der Waals surface area contributed by atoms with Gasteiger partial charge in [0.15, 0.2) is 0 Å². The van der Waals surface area contributed by atoms with Crippen molar-refractivity contribution in [3.63, 3.8) is 0 Å². The zero-order valence-corrected chi connectivity index (χ0v) is 12.0. The van der Waals surface area contributed by atoms with Gasteiger partial charge in [0.25, 0.3) is 0 Å². The molecule has 3 N–H and O–H groups in total. The summed E-state index contributed by atoms with van der Waals surface area (Å²) in [5.74, 6) is -0.436. The molecule has 0 radical (unpaired) electrons. The molecule has 20 heavy (non-hydrogen) atoms. The molecule has 7 heteroatoms. The second-order valence-electron chi connectivity index (χ2n) is 5.78. The van der Waals surface area contributed by atoms with Crippen LogP contribution in [-0.4, -0.2) is 36.5 Å². The number of hydrogen-bond acceptors (Lipinski definition) is 4. The first kappa shape index (κ1) is 13.8. The summed E-state index contributed by atoms with van der Waals surface area (Å²) in [6.07, 6.45) is 1.88. The molecule has 110 valence electrons. The number of hydrogen-bond donors (Lipinski definition) is 2. The number of nitrogen functional groups attached to an aromatic ring is 1. The molecule has 3 rings (SSSR count). The molecular weight excluding hydrogens is 283 g/mol. The van der Waals surface area contributed by atoms with Crippen molar-refractivity contribution in [3.05, 3.63) is 23.5 Å². The lowest BCUT2D eigenvalue weighted by molar-refractivity contribution is -0.0765. The predicted molar refractivity (Wildman–Crippen MR) is 72.0 cm³/mol. The normalized spacial score (nSPS) is 22.6. The molecule has 1 aliphatic heterocycles. The van der Waals surface area contributed by atoms with Crippen LogP contribution in [0.5, 0.6) is 0 Å². The Bertz CT molecular complexity index is 664. The summed E-state index contributed by atoms with van der Waals surface area (Å²) >= 11 is 0. The number of β-amino-alcohol motifs (C(OH)–C–C–N with tert-alkyl or cyclic N) is 1. The number of nitrogens with two attached hydrogens (primary N) is 1. The smallest absolute Gasteiger partial charge is 0.243 e. The lowest BCUT2D eigenvalue weighted by atomic mass is 9.91. The van der Waals surface area contributed by atoms with Gasteiger partial charge in [-0.15, -0.1) is 0 Å². The second kappa shape index (κ2) is 4.16. The Morgan fingerprint density at radius 3 is 2.55 bits per heavy atom. The van der Waals surface area contributed by atoms with Gasteiger partial charge in [0.05, 0.1) is 10.5 Å². The average Bonchev–Trinajstić information content (AvgIpc) is 3.13. The van der Waals surface area contributed by atoms with Crippen molar-refractivity contribution in [2.45, 2.75) is 30.3 Å². The quantitative estimate of drug-likeness (QED) is 0.811. The monoisotopic (exact) mass is 300 g/mol. The minimum absolute atomic E-state index is 0.0565. The van der Waals surface area contributed by atoms with Crippen LogP contribution >= 0.6 is 0 Å². The summed E-state index contributed by atoms with van der Waals surface area (Å²) in [7, 11) is -3.80. The van der Waals surface area contributed by atoms with Crippen LogP contribution in [0.1, 0.15) is 18.4 Å². The number of anilines is 1. The van der Waals surface area contributed by atoms with E-state index >= 15 is 0 Å². The summed E-state index contributed by atoms with van der Waals surface area (Å²) in [5, 5.41) is 10.2. The van der Waals surface area contributed by atoms with Crippen molar-refractivity contribution in [1.82, 2.24) is 4.31 Å². The second-order valence-corrected chi connectivity index (χ2v) is 7.68. The molecule has 0 aromatic heterocycles. The van der Waals surface area contributed by atoms with Gasteiger partial charge < -0.3 is 10.8 Å². The van der Waals surface area contributed by atoms with Gasteiger partial charge in [-0.3, -0.25) is 0 Å². The first-order valence-electron chi connectivity index (χ1n) is 6.52. The van der Waals surface area contributed by atoms with E-state index in [1.807, 2.05) is 0 Å². The maximum atomic E-state index is 13.6. The molecule has 1 saturated heterocycles. The molecule has 0 atom stereocenters. The van der Waals surface area contributed by atoms with Crippen LogP contribution < -0.4 is 5.73 Å². The van der Waals surface area contributed by atoms with E-state index in [-0.39, 0.29) is 35.2 Å². The molecule has 1 heterocycles. The van der Waals surface area contributed by atoms with Gasteiger partial charge in [0.1, 0.15) is 5.82 Å². The number of rotatable bonds is 3. The van der Waals surface area contributed by atoms with Crippen molar-refractivity contribution < 1.29 is 17.9 Å². The molecule has 1 saturated carbocycles. The summed E-state index contributed by atoms with van der Waals surface area (Å²) in [5.41, 5.74) is 4.75. The van der Waals surface area contributed by atoms with E-state index in [1.165, 1.54) is 17.3 Å². The Balaban J connectivity index is 1.90. The molecule has 1 aromatic rings. The van der Waals surface area contributed by atoms with Crippen LogP contribution in [0.15, 0.2) is 17.0 Å². The Morgan fingerprint density at radius 2 is 2.00 bits per heavy atom. The maximum Gasteiger partial charge on any atom is 0.243 e. The molecule has 0 spiro atoms. The fourth-order valence-corrected chi connectivity index (χ4v) is 4.53. The van der Waals surface area contributed by atoms with Crippen LogP contribution in [-0.2, 0) is 10.0 Å². The van der Waals surface area contributed by atoms with Crippen LogP contribution in [0.2, 0.25) is 0 Å². The van der Waals surface area contributed by atoms with Crippen molar-refractivity contribution in [2.75, 3.05) is 18.8 Å². The van der Waals surface area contributed by atoms with Crippen molar-refractivity contribution >= 4 is 15.7 Å². The summed E-state index contributed by atoms with van der Waals surface area (Å²) in [4.78, 5) is -0.118. The van der Waals surface area contributed by atoms with Crippen LogP contribution in [0.3, 0.4) is 0 Å². The van der Waals surface area contributed by atoms with Crippen LogP contribution in [0, 0.1) is 18.7 Å². The first-order chi connectivity index (χ1) is 9.24. The molecule has 0 amide bonds. The van der Waals surface area contributed by atoms with Gasteiger partial charge >= 0.3 is 0 Å². The number of nitrogens with zero attached hydrogens (tertiary/aromatic N) is 1. The van der Waals surface area contributed by atoms with E-state index in [4.69, 9.17) is 5.73 Å². The van der Waals surface area contributed by atoms with Crippen LogP contribution in [0.25, 0.3) is 0 Å². The Morgan fingerprint density at radius 1 is 1.40 bits per heavy atom. The van der Waals surface area contributed by atoms with E-state index in [0.717, 1.165) is 18.9 Å². The maximum absolute atomic E-state index is 13.6. The number of benzene rings is 1. The largest absolute Gasteiger partial charge is 0.399 e. The Hall–Kier alpha value is -1.18. The topological polar surface area (TPSA) is 83.6 Å². The highest BCUT2D eigenvalue weighted by Crippen LogP contribution is 2.46. The van der Waals surface area contributed by atoms with Crippen molar-refractivity contribution in [3.8, 4) is 0 Å². The van der Waals surface area contributed by atoms with Crippen LogP contribution in [0.4, 0.5) is 10.1 Å². The molecule has 1 aliphatic carbocycles. The van der Waals surface area contributed by atoms with E-state index in [2.05, 4.69) is 0 Å². The number of halogens is 1. The number of aliphatic hydroxyl groups is 1. The highest BCUT2D eigenvalue weighted by molar-refractivity contribution is 7.89. The molecule has 5 nitrogen and oxygen atoms in total. The standard InChI is InChI=1S/C13H17FN2O3S/c1-8-11(14)4-10(15)5-12(8)20(18,19)16-6-13(17,7-16)9-2-3-9/h4-5,9,17H,2-3,6-7,15H2,1H3. The summed E-state index contributed by atoms with van der Waals surface area (Å²) < 4.78 is 39.7. The Kier molecular flexibility index (Phi) is 2.87. The van der Waals surface area contributed by atoms with Gasteiger partial charge in [-0.25, -0.2) is 12.8 Å². The average molecular weight is 300 g/mol. The van der Waals surface area contributed by atoms with Gasteiger partial charge in [-0.05, 0) is 37.8 Å². The SMILES string of the molecule is Cc1c(F)cc(N)cc1S(=O)(=O)N1CC(O)(C2CC2)C1. The van der Waals surface area contributed by atoms with Gasteiger partial charge in [0, 0.05) is 24.3 Å². The number of sulfonamides is 1. The summed E-state index contributed by atoms with van der Waals surface area (Å²) in [6.45, 7) is 1.57. The van der Waals surface area contributed by atoms with Gasteiger partial charge in [0.2, 0.25) is 10.0 Å². The van der Waals surface area contributed by atoms with Gasteiger partial charge in [-0.2, -0.15) is 4.31 Å². The fourth-order valence-electron chi connectivity index (χ4n) is 2.69. The Labute approximate surface area is 117 Å². The third-order valence-electron chi connectivity index (χ3n) is 4.17. The lowest BCUT2D eigenvalue weighted by Gasteiger charge is -2.45. The molecule has 1 aromatic carbocycles. The van der Waals surface area contributed by atoms with E-state index in [0.29, 0.717) is 0 Å². The lowest BCUT2D eigenvalue weighted by Crippen LogP contribution is -2.64. The van der Waals surface area contributed by atoms with E-state index < -0.39 is 21.4 Å². The fraction of sp³-hybridized carbons (Fsp3) is 0.538. The predicted octanol–water partition coefficient (Wildman–Crippen LogP) is 0.862. The van der Waals surface area contributed by atoms with Crippen molar-refractivity contribution in [2.24, 2.45) is 5.92 Å². The molecule has 2 aliphatic rings. The highest BCUT2D eigenvalue weighted by atomic mass is 32.2. The first-order valence-corrected chi connectivity index (χ1v) is 7.96.